The molecule has 0 spiro atoms. The Hall–Kier alpha value is -2.19. The van der Waals surface area contributed by atoms with Crippen molar-refractivity contribution in [2.45, 2.75) is 45.4 Å². The van der Waals surface area contributed by atoms with Crippen LogP contribution in [0.1, 0.15) is 50.3 Å². The number of aliphatic carboxylic acids is 1. The molecule has 8 heteroatoms. The highest BCUT2D eigenvalue weighted by Gasteiger charge is 2.34. The fraction of sp³-hybridized carbons (Fsp3) is 0.632. The number of carboxylic acid groups (broad SMARTS) is 1. The summed E-state index contributed by atoms with van der Waals surface area (Å²) < 4.78 is 0. The second kappa shape index (κ2) is 9.14. The summed E-state index contributed by atoms with van der Waals surface area (Å²) in [6, 6.07) is 4.18. The molecule has 2 atom stereocenters. The molecular formula is C19H30N6O2. The molecule has 148 valence electrons. The van der Waals surface area contributed by atoms with Gasteiger partial charge in [-0.15, -0.1) is 10.6 Å². The Kier molecular flexibility index (Phi) is 6.63. The molecule has 2 aliphatic rings. The highest BCUT2D eigenvalue weighted by Crippen LogP contribution is 2.27. The lowest BCUT2D eigenvalue weighted by Gasteiger charge is -2.25. The van der Waals surface area contributed by atoms with E-state index in [1.54, 1.807) is 0 Å². The number of carbonyl (C=O) groups is 1. The zero-order valence-electron chi connectivity index (χ0n) is 16.0. The first-order chi connectivity index (χ1) is 13.0. The fourth-order valence-electron chi connectivity index (χ4n) is 3.94. The molecule has 0 amide bonds. The van der Waals surface area contributed by atoms with Gasteiger partial charge in [0.05, 0.1) is 5.92 Å². The number of hydrogen-bond acceptors (Lipinski definition) is 7. The van der Waals surface area contributed by atoms with Crippen molar-refractivity contribution in [3.8, 4) is 0 Å². The summed E-state index contributed by atoms with van der Waals surface area (Å²) in [5.74, 6) is -0.130. The van der Waals surface area contributed by atoms with Gasteiger partial charge in [0.2, 0.25) is 0 Å². The number of hydrazine groups is 2. The molecule has 0 aliphatic carbocycles. The third-order valence-corrected chi connectivity index (χ3v) is 5.39. The van der Waals surface area contributed by atoms with Crippen LogP contribution >= 0.6 is 0 Å². The summed E-state index contributed by atoms with van der Waals surface area (Å²) in [6.07, 6.45) is 5.36. The van der Waals surface area contributed by atoms with E-state index >= 15 is 0 Å². The molecule has 0 saturated carbocycles. The summed E-state index contributed by atoms with van der Waals surface area (Å²) in [5.41, 5.74) is 10.5. The van der Waals surface area contributed by atoms with Gasteiger partial charge in [0.1, 0.15) is 5.84 Å². The molecule has 8 nitrogen and oxygen atoms in total. The van der Waals surface area contributed by atoms with Gasteiger partial charge >= 0.3 is 5.97 Å². The molecule has 0 bridgehead atoms. The lowest BCUT2D eigenvalue weighted by molar-refractivity contribution is -0.143. The third kappa shape index (κ3) is 5.17. The summed E-state index contributed by atoms with van der Waals surface area (Å²) >= 11 is 0. The van der Waals surface area contributed by atoms with E-state index in [0.29, 0.717) is 24.6 Å². The average molecular weight is 374 g/mol. The van der Waals surface area contributed by atoms with Gasteiger partial charge in [-0.05, 0) is 55.8 Å². The largest absolute Gasteiger partial charge is 0.481 e. The fourth-order valence-corrected chi connectivity index (χ4v) is 3.94. The zero-order chi connectivity index (χ0) is 19.2. The van der Waals surface area contributed by atoms with Crippen molar-refractivity contribution >= 4 is 11.8 Å². The molecule has 3 rings (SSSR count). The molecule has 3 heterocycles. The van der Waals surface area contributed by atoms with Crippen molar-refractivity contribution in [2.75, 3.05) is 13.1 Å². The molecule has 2 aliphatic heterocycles. The third-order valence-electron chi connectivity index (χ3n) is 5.39. The highest BCUT2D eigenvalue weighted by molar-refractivity contribution is 5.89. The number of nitrogens with one attached hydrogen (secondary N) is 4. The maximum absolute atomic E-state index is 11.9. The van der Waals surface area contributed by atoms with Crippen molar-refractivity contribution in [1.29, 1.82) is 0 Å². The van der Waals surface area contributed by atoms with Crippen molar-refractivity contribution in [3.05, 3.63) is 29.6 Å². The number of carboxylic acids is 1. The minimum Gasteiger partial charge on any atom is -0.481 e. The van der Waals surface area contributed by atoms with Gasteiger partial charge in [0.25, 0.3) is 0 Å². The van der Waals surface area contributed by atoms with Gasteiger partial charge < -0.3 is 10.4 Å². The van der Waals surface area contributed by atoms with Crippen molar-refractivity contribution < 1.29 is 9.90 Å². The monoisotopic (exact) mass is 374 g/mol. The van der Waals surface area contributed by atoms with Crippen molar-refractivity contribution in [2.24, 2.45) is 22.9 Å². The van der Waals surface area contributed by atoms with E-state index in [1.807, 2.05) is 26.1 Å². The first kappa shape index (κ1) is 19.6. The number of amidine groups is 1. The molecule has 1 fully saturated rings. The number of rotatable bonds is 8. The van der Waals surface area contributed by atoms with E-state index in [-0.39, 0.29) is 11.8 Å². The number of pyridine rings is 1. The van der Waals surface area contributed by atoms with E-state index in [9.17, 15) is 9.90 Å². The Morgan fingerprint density at radius 3 is 2.63 bits per heavy atom. The predicted molar refractivity (Wildman–Crippen MR) is 104 cm³/mol. The van der Waals surface area contributed by atoms with Crippen LogP contribution in [0.5, 0.6) is 0 Å². The molecule has 27 heavy (non-hydrogen) atoms. The number of hydrazone groups is 1. The molecular weight excluding hydrogens is 344 g/mol. The normalized spacial score (nSPS) is 19.9. The van der Waals surface area contributed by atoms with E-state index in [0.717, 1.165) is 31.6 Å². The van der Waals surface area contributed by atoms with E-state index in [4.69, 9.17) is 0 Å². The first-order valence-electron chi connectivity index (χ1n) is 9.76. The summed E-state index contributed by atoms with van der Waals surface area (Å²) in [4.78, 5) is 16.6. The minimum absolute atomic E-state index is 0.273. The predicted octanol–water partition coefficient (Wildman–Crippen LogP) is 1.38. The summed E-state index contributed by atoms with van der Waals surface area (Å²) in [7, 11) is 0. The van der Waals surface area contributed by atoms with Gasteiger partial charge in [-0.25, -0.2) is 5.53 Å². The maximum Gasteiger partial charge on any atom is 0.307 e. The van der Waals surface area contributed by atoms with Crippen molar-refractivity contribution in [1.82, 2.24) is 26.8 Å². The standard InChI is InChI=1S/C19H30N6O2/c1-12(2)9-17(19(26)27)16(18-22-24-25-23-18)10-15-4-3-14(11-21-15)13-5-7-20-8-6-13/h3-4,11-13,16-17,20,24-25H,5-10H2,1-2H3,(H,22,23)(H,26,27). The van der Waals surface area contributed by atoms with Gasteiger partial charge in [0.15, 0.2) is 0 Å². The Morgan fingerprint density at radius 2 is 2.07 bits per heavy atom. The smallest absolute Gasteiger partial charge is 0.307 e. The maximum atomic E-state index is 11.9. The lowest BCUT2D eigenvalue weighted by atomic mass is 9.81. The summed E-state index contributed by atoms with van der Waals surface area (Å²) in [5, 5.41) is 17.4. The van der Waals surface area contributed by atoms with Crippen LogP contribution in [0.4, 0.5) is 0 Å². The summed E-state index contributed by atoms with van der Waals surface area (Å²) in [6.45, 7) is 6.18. The minimum atomic E-state index is -0.795. The van der Waals surface area contributed by atoms with E-state index < -0.39 is 11.9 Å². The highest BCUT2D eigenvalue weighted by atomic mass is 16.4. The first-order valence-corrected chi connectivity index (χ1v) is 9.76. The van der Waals surface area contributed by atoms with Crippen molar-refractivity contribution in [3.63, 3.8) is 0 Å². The number of piperidine rings is 1. The number of aromatic nitrogens is 1. The Morgan fingerprint density at radius 1 is 1.30 bits per heavy atom. The number of hydrogen-bond donors (Lipinski definition) is 5. The van der Waals surface area contributed by atoms with E-state index in [2.05, 4.69) is 38.0 Å². The van der Waals surface area contributed by atoms with Crippen LogP contribution < -0.4 is 21.8 Å². The van der Waals surface area contributed by atoms with Crippen LogP contribution in [0.15, 0.2) is 23.4 Å². The molecule has 0 aromatic carbocycles. The van der Waals surface area contributed by atoms with Gasteiger partial charge in [0, 0.05) is 24.2 Å². The van der Waals surface area contributed by atoms with Crippen LogP contribution in [0.3, 0.4) is 0 Å². The van der Waals surface area contributed by atoms with Crippen LogP contribution in [0.2, 0.25) is 0 Å². The molecule has 1 saturated heterocycles. The lowest BCUT2D eigenvalue weighted by Crippen LogP contribution is -2.42. The van der Waals surface area contributed by atoms with Gasteiger partial charge in [-0.2, -0.15) is 0 Å². The quantitative estimate of drug-likeness (QED) is 0.467. The second-order valence-electron chi connectivity index (χ2n) is 7.85. The Labute approximate surface area is 160 Å². The van der Waals surface area contributed by atoms with Gasteiger partial charge in [-0.1, -0.05) is 19.9 Å². The topological polar surface area (TPSA) is 111 Å². The molecule has 1 aromatic rings. The average Bonchev–Trinajstić information content (AvgIpc) is 3.20. The molecule has 5 N–H and O–H groups in total. The zero-order valence-corrected chi connectivity index (χ0v) is 16.0. The van der Waals surface area contributed by atoms with E-state index in [1.165, 1.54) is 5.56 Å². The Balaban J connectivity index is 1.75. The van der Waals surface area contributed by atoms with Gasteiger partial charge in [-0.3, -0.25) is 15.2 Å². The SMILES string of the molecule is CC(C)CC(C(=O)O)C(Cc1ccc(C2CCNCC2)cn1)C1=NNNN1. The van der Waals surface area contributed by atoms with Crippen LogP contribution in [-0.4, -0.2) is 35.0 Å². The van der Waals surface area contributed by atoms with Crippen LogP contribution in [0.25, 0.3) is 0 Å². The number of nitrogens with zero attached hydrogens (tertiary/aromatic N) is 2. The molecule has 1 aromatic heterocycles. The Bertz CT molecular complexity index is 655. The second-order valence-corrected chi connectivity index (χ2v) is 7.85. The molecule has 2 unspecified atom stereocenters. The van der Waals surface area contributed by atoms with Crippen LogP contribution in [-0.2, 0) is 11.2 Å². The van der Waals surface area contributed by atoms with Crippen LogP contribution in [0, 0.1) is 17.8 Å². The molecule has 0 radical (unpaired) electrons.